The van der Waals surface area contributed by atoms with Crippen molar-refractivity contribution in [2.45, 2.75) is 13.0 Å². The maximum atomic E-state index is 11.6. The van der Waals surface area contributed by atoms with E-state index in [1.165, 1.54) is 6.08 Å². The monoisotopic (exact) mass is 274 g/mol. The Morgan fingerprint density at radius 1 is 1.35 bits per heavy atom. The number of imide groups is 1. The van der Waals surface area contributed by atoms with Crippen molar-refractivity contribution < 1.29 is 19.5 Å². The molecule has 0 saturated carbocycles. The summed E-state index contributed by atoms with van der Waals surface area (Å²) in [5.41, 5.74) is 1.48. The maximum absolute atomic E-state index is 11.6. The highest BCUT2D eigenvalue weighted by Crippen LogP contribution is 2.20. The first-order valence-corrected chi connectivity index (χ1v) is 6.09. The van der Waals surface area contributed by atoms with E-state index in [2.05, 4.69) is 5.32 Å². The fourth-order valence-corrected chi connectivity index (χ4v) is 1.97. The molecule has 2 rings (SSSR count). The summed E-state index contributed by atoms with van der Waals surface area (Å²) < 4.78 is 0. The predicted molar refractivity (Wildman–Crippen MR) is 73.1 cm³/mol. The molecule has 0 bridgehead atoms. The van der Waals surface area contributed by atoms with Crippen LogP contribution in [0.1, 0.15) is 12.5 Å². The van der Waals surface area contributed by atoms with Gasteiger partial charge in [-0.05, 0) is 30.7 Å². The number of carboxylic acid groups (broad SMARTS) is 1. The molecule has 0 aromatic heterocycles. The number of carbonyl (C=O) groups is 3. The van der Waals surface area contributed by atoms with Crippen molar-refractivity contribution in [1.29, 1.82) is 0 Å². The van der Waals surface area contributed by atoms with Crippen molar-refractivity contribution >= 4 is 29.5 Å². The number of piperazine rings is 1. The molecular formula is C14H14N2O4. The second-order valence-electron chi connectivity index (χ2n) is 4.48. The molecule has 1 atom stereocenters. The van der Waals surface area contributed by atoms with E-state index in [1.54, 1.807) is 36.1 Å². The van der Waals surface area contributed by atoms with Gasteiger partial charge in [0.1, 0.15) is 6.04 Å². The van der Waals surface area contributed by atoms with E-state index in [4.69, 9.17) is 5.11 Å². The first kappa shape index (κ1) is 13.8. The van der Waals surface area contributed by atoms with Crippen molar-refractivity contribution in [1.82, 2.24) is 5.32 Å². The molecule has 6 nitrogen and oxygen atoms in total. The second-order valence-corrected chi connectivity index (χ2v) is 4.48. The summed E-state index contributed by atoms with van der Waals surface area (Å²) in [6.07, 6.45) is 2.53. The van der Waals surface area contributed by atoms with Gasteiger partial charge >= 0.3 is 5.97 Å². The Balaban J connectivity index is 2.18. The standard InChI is InChI=1S/C14H14N2O4/c1-9-14(20)15-12(17)8-16(9)11-5-2-10(3-6-11)4-7-13(18)19/h2-7,9H,8H2,1H3,(H,18,19)(H,15,17,20). The number of aliphatic carboxylic acids is 1. The molecule has 20 heavy (non-hydrogen) atoms. The van der Waals surface area contributed by atoms with E-state index in [9.17, 15) is 14.4 Å². The third kappa shape index (κ3) is 3.03. The van der Waals surface area contributed by atoms with E-state index >= 15 is 0 Å². The Kier molecular flexibility index (Phi) is 3.84. The Hall–Kier alpha value is -2.63. The third-order valence-corrected chi connectivity index (χ3v) is 3.07. The van der Waals surface area contributed by atoms with E-state index in [1.807, 2.05) is 0 Å². The summed E-state index contributed by atoms with van der Waals surface area (Å²) in [4.78, 5) is 35.1. The SMILES string of the molecule is CC1C(=O)NC(=O)CN1c1ccc(C=CC(=O)O)cc1. The molecule has 1 aliphatic heterocycles. The zero-order valence-electron chi connectivity index (χ0n) is 10.9. The van der Waals surface area contributed by atoms with Crippen molar-refractivity contribution in [2.75, 3.05) is 11.4 Å². The molecule has 1 saturated heterocycles. The van der Waals surface area contributed by atoms with Gasteiger partial charge in [0.2, 0.25) is 11.8 Å². The van der Waals surface area contributed by atoms with Gasteiger partial charge in [-0.2, -0.15) is 0 Å². The van der Waals surface area contributed by atoms with Gasteiger partial charge in [0, 0.05) is 11.8 Å². The molecule has 2 amide bonds. The van der Waals surface area contributed by atoms with Crippen LogP contribution in [0.15, 0.2) is 30.3 Å². The van der Waals surface area contributed by atoms with Gasteiger partial charge in [-0.1, -0.05) is 12.1 Å². The molecule has 0 radical (unpaired) electrons. The molecular weight excluding hydrogens is 260 g/mol. The highest BCUT2D eigenvalue weighted by atomic mass is 16.4. The van der Waals surface area contributed by atoms with Crippen LogP contribution in [0.3, 0.4) is 0 Å². The van der Waals surface area contributed by atoms with Crippen molar-refractivity contribution in [3.8, 4) is 0 Å². The molecule has 1 unspecified atom stereocenters. The zero-order valence-corrected chi connectivity index (χ0v) is 10.9. The van der Waals surface area contributed by atoms with Crippen LogP contribution in [-0.4, -0.2) is 35.5 Å². The quantitative estimate of drug-likeness (QED) is 0.624. The molecule has 0 aliphatic carbocycles. The minimum absolute atomic E-state index is 0.122. The number of amides is 2. The number of anilines is 1. The van der Waals surface area contributed by atoms with E-state index in [0.717, 1.165) is 17.3 Å². The van der Waals surface area contributed by atoms with Crippen LogP contribution in [0, 0.1) is 0 Å². The number of nitrogens with zero attached hydrogens (tertiary/aromatic N) is 1. The highest BCUT2D eigenvalue weighted by Gasteiger charge is 2.30. The zero-order chi connectivity index (χ0) is 14.7. The van der Waals surface area contributed by atoms with Gasteiger partial charge in [0.05, 0.1) is 6.54 Å². The van der Waals surface area contributed by atoms with E-state index < -0.39 is 12.0 Å². The molecule has 1 aromatic carbocycles. The molecule has 1 aromatic rings. The summed E-state index contributed by atoms with van der Waals surface area (Å²) in [5, 5.41) is 10.8. The largest absolute Gasteiger partial charge is 0.478 e. The fourth-order valence-electron chi connectivity index (χ4n) is 1.97. The van der Waals surface area contributed by atoms with Crippen LogP contribution in [-0.2, 0) is 14.4 Å². The Morgan fingerprint density at radius 2 is 2.00 bits per heavy atom. The van der Waals surface area contributed by atoms with E-state index in [0.29, 0.717) is 0 Å². The number of carbonyl (C=O) groups excluding carboxylic acids is 2. The molecule has 1 heterocycles. The lowest BCUT2D eigenvalue weighted by Crippen LogP contribution is -2.57. The molecule has 1 fully saturated rings. The number of hydrogen-bond donors (Lipinski definition) is 2. The van der Waals surface area contributed by atoms with Gasteiger partial charge in [-0.15, -0.1) is 0 Å². The predicted octanol–water partition coefficient (Wildman–Crippen LogP) is 0.636. The van der Waals surface area contributed by atoms with Crippen molar-refractivity contribution in [3.05, 3.63) is 35.9 Å². The first-order valence-electron chi connectivity index (χ1n) is 6.09. The highest BCUT2D eigenvalue weighted by molar-refractivity contribution is 6.04. The summed E-state index contributed by atoms with van der Waals surface area (Å²) >= 11 is 0. The minimum atomic E-state index is -1.01. The summed E-state index contributed by atoms with van der Waals surface area (Å²) in [6.45, 7) is 1.84. The normalized spacial score (nSPS) is 19.2. The summed E-state index contributed by atoms with van der Waals surface area (Å²) in [6, 6.07) is 6.55. The van der Waals surface area contributed by atoms with Crippen molar-refractivity contribution in [2.24, 2.45) is 0 Å². The van der Waals surface area contributed by atoms with Crippen LogP contribution in [0.2, 0.25) is 0 Å². The maximum Gasteiger partial charge on any atom is 0.328 e. The Bertz CT molecular complexity index is 577. The number of hydrogen-bond acceptors (Lipinski definition) is 4. The summed E-state index contributed by atoms with van der Waals surface area (Å²) in [7, 11) is 0. The van der Waals surface area contributed by atoms with Gasteiger partial charge in [0.15, 0.2) is 0 Å². The molecule has 6 heteroatoms. The second kappa shape index (κ2) is 5.56. The van der Waals surface area contributed by atoms with Gasteiger partial charge in [-0.3, -0.25) is 14.9 Å². The molecule has 104 valence electrons. The average Bonchev–Trinajstić information content (AvgIpc) is 2.41. The Labute approximate surface area is 115 Å². The number of benzene rings is 1. The van der Waals surface area contributed by atoms with Crippen molar-refractivity contribution in [3.63, 3.8) is 0 Å². The van der Waals surface area contributed by atoms with Crippen LogP contribution < -0.4 is 10.2 Å². The van der Waals surface area contributed by atoms with E-state index in [-0.39, 0.29) is 18.4 Å². The molecule has 1 aliphatic rings. The molecule has 2 N–H and O–H groups in total. The van der Waals surface area contributed by atoms with Crippen LogP contribution >= 0.6 is 0 Å². The average molecular weight is 274 g/mol. The topological polar surface area (TPSA) is 86.7 Å². The lowest BCUT2D eigenvalue weighted by molar-refractivity contribution is -0.133. The summed E-state index contributed by atoms with van der Waals surface area (Å²) in [5.74, 6) is -1.67. The van der Waals surface area contributed by atoms with Gasteiger partial charge in [-0.25, -0.2) is 4.79 Å². The first-order chi connectivity index (χ1) is 9.47. The lowest BCUT2D eigenvalue weighted by atomic mass is 10.1. The number of nitrogens with one attached hydrogen (secondary N) is 1. The minimum Gasteiger partial charge on any atom is -0.478 e. The van der Waals surface area contributed by atoms with Gasteiger partial charge < -0.3 is 10.0 Å². The Morgan fingerprint density at radius 3 is 2.60 bits per heavy atom. The smallest absolute Gasteiger partial charge is 0.328 e. The fraction of sp³-hybridized carbons (Fsp3) is 0.214. The molecule has 0 spiro atoms. The lowest BCUT2D eigenvalue weighted by Gasteiger charge is -2.33. The van der Waals surface area contributed by atoms with Gasteiger partial charge in [0.25, 0.3) is 0 Å². The number of carboxylic acids is 1. The van der Waals surface area contributed by atoms with Crippen LogP contribution in [0.5, 0.6) is 0 Å². The van der Waals surface area contributed by atoms with Crippen LogP contribution in [0.25, 0.3) is 6.08 Å². The number of rotatable bonds is 3. The van der Waals surface area contributed by atoms with Crippen LogP contribution in [0.4, 0.5) is 5.69 Å². The third-order valence-electron chi connectivity index (χ3n) is 3.07.